The lowest BCUT2D eigenvalue weighted by Crippen LogP contribution is -2.61. The molecule has 13 heavy (non-hydrogen) atoms. The fraction of sp³-hybridized carbons (Fsp3) is 0.875. The van der Waals surface area contributed by atoms with Crippen LogP contribution in [0.1, 0.15) is 27.2 Å². The van der Waals surface area contributed by atoms with Gasteiger partial charge >= 0.3 is 11.9 Å². The quantitative estimate of drug-likeness (QED) is 0.587. The van der Waals surface area contributed by atoms with Gasteiger partial charge in [-0.1, -0.05) is 0 Å². The number of hydrogen-bond donors (Lipinski definition) is 1. The standard InChI is InChI=1S/C8H12F2O3/c1-6(2)4-7(3,12)8(9,10)5(11)13-6/h12H,4H2,1-3H3. The van der Waals surface area contributed by atoms with Crippen LogP contribution in [0.5, 0.6) is 0 Å². The molecule has 1 rings (SSSR count). The summed E-state index contributed by atoms with van der Waals surface area (Å²) >= 11 is 0. The zero-order valence-electron chi connectivity index (χ0n) is 7.73. The normalized spacial score (nSPS) is 36.9. The second-order valence-corrected chi connectivity index (χ2v) is 4.17. The highest BCUT2D eigenvalue weighted by molar-refractivity contribution is 5.80. The molecule has 1 N–H and O–H groups in total. The maximum absolute atomic E-state index is 13.0. The van der Waals surface area contributed by atoms with Crippen LogP contribution in [0.3, 0.4) is 0 Å². The Kier molecular flexibility index (Phi) is 1.92. The molecule has 5 heteroatoms. The lowest BCUT2D eigenvalue weighted by molar-refractivity contribution is -0.254. The van der Waals surface area contributed by atoms with Crippen LogP contribution in [0.15, 0.2) is 0 Å². The third kappa shape index (κ3) is 1.52. The van der Waals surface area contributed by atoms with Crippen LogP contribution in [0.2, 0.25) is 0 Å². The van der Waals surface area contributed by atoms with Crippen molar-refractivity contribution in [3.63, 3.8) is 0 Å². The largest absolute Gasteiger partial charge is 0.455 e. The number of aliphatic hydroxyl groups is 1. The first-order chi connectivity index (χ1) is 5.58. The van der Waals surface area contributed by atoms with Crippen LogP contribution < -0.4 is 0 Å². The fourth-order valence-electron chi connectivity index (χ4n) is 1.51. The van der Waals surface area contributed by atoms with Crippen molar-refractivity contribution in [2.75, 3.05) is 0 Å². The topological polar surface area (TPSA) is 46.5 Å². The molecule has 1 aliphatic heterocycles. The van der Waals surface area contributed by atoms with Crippen molar-refractivity contribution in [3.8, 4) is 0 Å². The Labute approximate surface area is 74.7 Å². The maximum atomic E-state index is 13.0. The van der Waals surface area contributed by atoms with Crippen LogP contribution in [-0.4, -0.2) is 28.2 Å². The number of alkyl halides is 2. The summed E-state index contributed by atoms with van der Waals surface area (Å²) in [7, 11) is 0. The van der Waals surface area contributed by atoms with Gasteiger partial charge in [0.15, 0.2) is 0 Å². The minimum atomic E-state index is -3.82. The Morgan fingerprint density at radius 3 is 2.23 bits per heavy atom. The molecule has 0 aromatic heterocycles. The van der Waals surface area contributed by atoms with Crippen molar-refractivity contribution in [1.82, 2.24) is 0 Å². The maximum Gasteiger partial charge on any atom is 0.380 e. The van der Waals surface area contributed by atoms with Gasteiger partial charge in [0, 0.05) is 6.42 Å². The first-order valence-electron chi connectivity index (χ1n) is 3.92. The van der Waals surface area contributed by atoms with Crippen LogP contribution in [0, 0.1) is 0 Å². The van der Waals surface area contributed by atoms with E-state index in [9.17, 15) is 18.7 Å². The smallest absolute Gasteiger partial charge is 0.380 e. The lowest BCUT2D eigenvalue weighted by Gasteiger charge is -2.42. The first kappa shape index (κ1) is 10.4. The lowest BCUT2D eigenvalue weighted by atomic mass is 9.83. The van der Waals surface area contributed by atoms with E-state index in [0.29, 0.717) is 0 Å². The Hall–Kier alpha value is -0.710. The van der Waals surface area contributed by atoms with E-state index >= 15 is 0 Å². The molecule has 1 heterocycles. The molecule has 1 atom stereocenters. The van der Waals surface area contributed by atoms with Gasteiger partial charge in [0.1, 0.15) is 11.2 Å². The summed E-state index contributed by atoms with van der Waals surface area (Å²) in [6.07, 6.45) is -0.279. The predicted molar refractivity (Wildman–Crippen MR) is 40.4 cm³/mol. The van der Waals surface area contributed by atoms with Gasteiger partial charge in [-0.2, -0.15) is 8.78 Å². The predicted octanol–water partition coefficient (Wildman–Crippen LogP) is 1.10. The van der Waals surface area contributed by atoms with Crippen LogP contribution in [-0.2, 0) is 9.53 Å². The molecule has 1 saturated heterocycles. The molecule has 1 aliphatic rings. The van der Waals surface area contributed by atoms with E-state index < -0.39 is 23.1 Å². The van der Waals surface area contributed by atoms with E-state index in [1.807, 2.05) is 0 Å². The van der Waals surface area contributed by atoms with Crippen molar-refractivity contribution in [1.29, 1.82) is 0 Å². The van der Waals surface area contributed by atoms with Gasteiger partial charge in [-0.15, -0.1) is 0 Å². The van der Waals surface area contributed by atoms with E-state index in [-0.39, 0.29) is 6.42 Å². The molecule has 0 bridgehead atoms. The van der Waals surface area contributed by atoms with Gasteiger partial charge in [-0.05, 0) is 20.8 Å². The second-order valence-electron chi connectivity index (χ2n) is 4.17. The second kappa shape index (κ2) is 2.41. The Bertz CT molecular complexity index is 246. The number of halogens is 2. The average molecular weight is 194 g/mol. The number of esters is 1. The van der Waals surface area contributed by atoms with Crippen molar-refractivity contribution < 1.29 is 23.4 Å². The van der Waals surface area contributed by atoms with Crippen molar-refractivity contribution in [2.45, 2.75) is 44.3 Å². The van der Waals surface area contributed by atoms with Crippen LogP contribution >= 0.6 is 0 Å². The van der Waals surface area contributed by atoms with Crippen LogP contribution in [0.25, 0.3) is 0 Å². The summed E-state index contributed by atoms with van der Waals surface area (Å²) < 4.78 is 30.5. The molecule has 0 amide bonds. The summed E-state index contributed by atoms with van der Waals surface area (Å²) in [5.74, 6) is -5.48. The fourth-order valence-corrected chi connectivity index (χ4v) is 1.51. The van der Waals surface area contributed by atoms with Gasteiger partial charge in [-0.3, -0.25) is 0 Å². The van der Waals surface area contributed by atoms with E-state index in [4.69, 9.17) is 0 Å². The Morgan fingerprint density at radius 2 is 1.85 bits per heavy atom. The van der Waals surface area contributed by atoms with Gasteiger partial charge < -0.3 is 9.84 Å². The monoisotopic (exact) mass is 194 g/mol. The Morgan fingerprint density at radius 1 is 1.38 bits per heavy atom. The van der Waals surface area contributed by atoms with Crippen molar-refractivity contribution in [3.05, 3.63) is 0 Å². The number of carbonyl (C=O) groups is 1. The highest BCUT2D eigenvalue weighted by Crippen LogP contribution is 2.42. The molecule has 0 radical (unpaired) electrons. The Balaban J connectivity index is 3.03. The van der Waals surface area contributed by atoms with Crippen LogP contribution in [0.4, 0.5) is 8.78 Å². The van der Waals surface area contributed by atoms with Crippen molar-refractivity contribution >= 4 is 5.97 Å². The van der Waals surface area contributed by atoms with E-state index in [1.54, 1.807) is 0 Å². The average Bonchev–Trinajstić information content (AvgIpc) is 1.80. The minimum Gasteiger partial charge on any atom is -0.455 e. The zero-order chi connectivity index (χ0) is 10.5. The third-order valence-electron chi connectivity index (χ3n) is 2.07. The molecule has 0 spiro atoms. The molecule has 0 aliphatic carbocycles. The number of cyclic esters (lactones) is 1. The molecule has 76 valence electrons. The zero-order valence-corrected chi connectivity index (χ0v) is 7.73. The first-order valence-corrected chi connectivity index (χ1v) is 3.92. The summed E-state index contributed by atoms with van der Waals surface area (Å²) in [6, 6.07) is 0. The summed E-state index contributed by atoms with van der Waals surface area (Å²) in [5, 5.41) is 9.36. The number of rotatable bonds is 0. The van der Waals surface area contributed by atoms with Crippen molar-refractivity contribution in [2.24, 2.45) is 0 Å². The molecule has 1 fully saturated rings. The molecule has 0 saturated carbocycles. The molecular formula is C8H12F2O3. The summed E-state index contributed by atoms with van der Waals surface area (Å²) in [5.41, 5.74) is -3.37. The van der Waals surface area contributed by atoms with E-state index in [0.717, 1.165) is 6.92 Å². The van der Waals surface area contributed by atoms with Gasteiger partial charge in [0.2, 0.25) is 0 Å². The molecule has 0 aromatic carbocycles. The van der Waals surface area contributed by atoms with Gasteiger partial charge in [-0.25, -0.2) is 4.79 Å². The van der Waals surface area contributed by atoms with Gasteiger partial charge in [0.05, 0.1) is 0 Å². The highest BCUT2D eigenvalue weighted by Gasteiger charge is 2.63. The highest BCUT2D eigenvalue weighted by atomic mass is 19.3. The SMILES string of the molecule is CC1(C)CC(C)(O)C(F)(F)C(=O)O1. The number of ether oxygens (including phenoxy) is 1. The molecule has 3 nitrogen and oxygen atoms in total. The van der Waals surface area contributed by atoms with E-state index in [1.165, 1.54) is 13.8 Å². The van der Waals surface area contributed by atoms with Gasteiger partial charge in [0.25, 0.3) is 0 Å². The van der Waals surface area contributed by atoms with E-state index in [2.05, 4.69) is 4.74 Å². The number of hydrogen-bond acceptors (Lipinski definition) is 3. The number of carbonyl (C=O) groups excluding carboxylic acids is 1. The molecule has 0 aromatic rings. The molecular weight excluding hydrogens is 182 g/mol. The summed E-state index contributed by atoms with van der Waals surface area (Å²) in [6.45, 7) is 3.90. The minimum absolute atomic E-state index is 0.279. The molecule has 1 unspecified atom stereocenters. The third-order valence-corrected chi connectivity index (χ3v) is 2.07. The summed E-state index contributed by atoms with van der Waals surface area (Å²) in [4.78, 5) is 10.8.